The average Bonchev–Trinajstić information content (AvgIpc) is 2.50. The molecule has 0 saturated carbocycles. The summed E-state index contributed by atoms with van der Waals surface area (Å²) >= 11 is 2.01. The van der Waals surface area contributed by atoms with Gasteiger partial charge >= 0.3 is 5.97 Å². The molecular weight excluding hydrogens is 246 g/mol. The van der Waals surface area contributed by atoms with Crippen molar-refractivity contribution < 1.29 is 9.90 Å². The Morgan fingerprint density at radius 2 is 1.94 bits per heavy atom. The molecule has 1 fully saturated rings. The lowest BCUT2D eigenvalue weighted by molar-refractivity contribution is 0.0697. The summed E-state index contributed by atoms with van der Waals surface area (Å²) in [6, 6.07) is 7.18. The molecule has 1 saturated heterocycles. The summed E-state index contributed by atoms with van der Waals surface area (Å²) in [5, 5.41) is 8.88. The van der Waals surface area contributed by atoms with Gasteiger partial charge in [0.15, 0.2) is 0 Å². The Morgan fingerprint density at radius 3 is 2.56 bits per heavy atom. The van der Waals surface area contributed by atoms with E-state index in [2.05, 4.69) is 18.7 Å². The van der Waals surface area contributed by atoms with Crippen molar-refractivity contribution in [1.82, 2.24) is 0 Å². The number of thioether (sulfide) groups is 1. The Bertz CT molecular complexity index is 428. The largest absolute Gasteiger partial charge is 0.478 e. The minimum Gasteiger partial charge on any atom is -0.478 e. The molecule has 0 unspecified atom stereocenters. The molecule has 1 aromatic carbocycles. The second kappa shape index (κ2) is 5.22. The summed E-state index contributed by atoms with van der Waals surface area (Å²) in [6.07, 6.45) is 1.15. The number of benzene rings is 1. The smallest absolute Gasteiger partial charge is 0.335 e. The van der Waals surface area contributed by atoms with Gasteiger partial charge in [-0.3, -0.25) is 0 Å². The van der Waals surface area contributed by atoms with Gasteiger partial charge in [0, 0.05) is 29.3 Å². The van der Waals surface area contributed by atoms with Crippen molar-refractivity contribution in [2.24, 2.45) is 0 Å². The zero-order valence-corrected chi connectivity index (χ0v) is 11.7. The van der Waals surface area contributed by atoms with E-state index in [-0.39, 0.29) is 0 Å². The summed E-state index contributed by atoms with van der Waals surface area (Å²) < 4.78 is 0.343. The van der Waals surface area contributed by atoms with Crippen molar-refractivity contribution in [3.8, 4) is 0 Å². The van der Waals surface area contributed by atoms with Crippen molar-refractivity contribution in [1.29, 1.82) is 0 Å². The summed E-state index contributed by atoms with van der Waals surface area (Å²) in [6.45, 7) is 6.64. The molecule has 98 valence electrons. The van der Waals surface area contributed by atoms with Crippen LogP contribution in [0.3, 0.4) is 0 Å². The van der Waals surface area contributed by atoms with E-state index in [0.717, 1.165) is 31.0 Å². The van der Waals surface area contributed by atoms with Gasteiger partial charge in [-0.15, -0.1) is 0 Å². The van der Waals surface area contributed by atoms with Crippen LogP contribution < -0.4 is 4.90 Å². The van der Waals surface area contributed by atoms with Crippen LogP contribution in [0, 0.1) is 0 Å². The van der Waals surface area contributed by atoms with E-state index in [1.807, 2.05) is 23.9 Å². The third-order valence-electron chi connectivity index (χ3n) is 3.32. The molecule has 18 heavy (non-hydrogen) atoms. The van der Waals surface area contributed by atoms with Gasteiger partial charge in [0.05, 0.1) is 5.56 Å². The Balaban J connectivity index is 2.09. The zero-order chi connectivity index (χ0) is 13.2. The highest BCUT2D eigenvalue weighted by Crippen LogP contribution is 2.32. The number of hydrogen-bond acceptors (Lipinski definition) is 3. The molecule has 2 rings (SSSR count). The summed E-state index contributed by atoms with van der Waals surface area (Å²) in [5.41, 5.74) is 1.47. The first kappa shape index (κ1) is 13.3. The van der Waals surface area contributed by atoms with Crippen molar-refractivity contribution in [3.63, 3.8) is 0 Å². The molecule has 0 aromatic heterocycles. The summed E-state index contributed by atoms with van der Waals surface area (Å²) in [7, 11) is 0. The van der Waals surface area contributed by atoms with Crippen LogP contribution in [-0.4, -0.2) is 34.7 Å². The highest BCUT2D eigenvalue weighted by molar-refractivity contribution is 8.00. The van der Waals surface area contributed by atoms with E-state index < -0.39 is 5.97 Å². The molecule has 0 atom stereocenters. The van der Waals surface area contributed by atoms with Gasteiger partial charge in [-0.25, -0.2) is 4.79 Å². The molecule has 0 radical (unpaired) electrons. The average molecular weight is 265 g/mol. The normalized spacial score (nSPS) is 19.3. The van der Waals surface area contributed by atoms with E-state index >= 15 is 0 Å². The van der Waals surface area contributed by atoms with Crippen LogP contribution in [0.5, 0.6) is 0 Å². The van der Waals surface area contributed by atoms with Crippen molar-refractivity contribution in [2.75, 3.05) is 23.7 Å². The summed E-state index contributed by atoms with van der Waals surface area (Å²) in [4.78, 5) is 13.2. The monoisotopic (exact) mass is 265 g/mol. The maximum atomic E-state index is 10.8. The molecule has 1 aliphatic heterocycles. The number of nitrogens with zero attached hydrogens (tertiary/aromatic N) is 1. The molecule has 1 N–H and O–H groups in total. The molecule has 0 spiro atoms. The van der Waals surface area contributed by atoms with Gasteiger partial charge in [0.2, 0.25) is 0 Å². The molecule has 4 heteroatoms. The lowest BCUT2D eigenvalue weighted by Gasteiger charge is -2.24. The standard InChI is InChI=1S/C14H19NO2S/c1-14(2)7-8-15(9-10-18-14)12-5-3-11(4-6-12)13(16)17/h3-6H,7-10H2,1-2H3,(H,16,17). The zero-order valence-electron chi connectivity index (χ0n) is 10.8. The quantitative estimate of drug-likeness (QED) is 0.892. The Labute approximate surface area is 112 Å². The second-order valence-electron chi connectivity index (χ2n) is 5.20. The lowest BCUT2D eigenvalue weighted by Crippen LogP contribution is -2.26. The number of carbonyl (C=O) groups is 1. The van der Waals surface area contributed by atoms with Crippen LogP contribution in [0.4, 0.5) is 5.69 Å². The van der Waals surface area contributed by atoms with Crippen LogP contribution in [0.15, 0.2) is 24.3 Å². The lowest BCUT2D eigenvalue weighted by atomic mass is 10.1. The van der Waals surface area contributed by atoms with Gasteiger partial charge < -0.3 is 10.0 Å². The fraction of sp³-hybridized carbons (Fsp3) is 0.500. The summed E-state index contributed by atoms with van der Waals surface area (Å²) in [5.74, 6) is 0.252. The number of aromatic carboxylic acids is 1. The highest BCUT2D eigenvalue weighted by atomic mass is 32.2. The Morgan fingerprint density at radius 1 is 1.28 bits per heavy atom. The molecule has 0 bridgehead atoms. The number of carboxylic acid groups (broad SMARTS) is 1. The molecule has 0 amide bonds. The minimum atomic E-state index is -0.867. The molecule has 1 aromatic rings. The van der Waals surface area contributed by atoms with Gasteiger partial charge in [-0.1, -0.05) is 13.8 Å². The van der Waals surface area contributed by atoms with Gasteiger partial charge in [-0.2, -0.15) is 11.8 Å². The van der Waals surface area contributed by atoms with Crippen LogP contribution >= 0.6 is 11.8 Å². The number of anilines is 1. The fourth-order valence-electron chi connectivity index (χ4n) is 2.09. The molecule has 1 heterocycles. The topological polar surface area (TPSA) is 40.5 Å². The van der Waals surface area contributed by atoms with E-state index in [0.29, 0.717) is 10.3 Å². The molecule has 0 aliphatic carbocycles. The SMILES string of the molecule is CC1(C)CCN(c2ccc(C(=O)O)cc2)CCS1. The van der Waals surface area contributed by atoms with E-state index in [1.54, 1.807) is 12.1 Å². The Hall–Kier alpha value is -1.16. The maximum Gasteiger partial charge on any atom is 0.335 e. The van der Waals surface area contributed by atoms with Crippen LogP contribution in [0.1, 0.15) is 30.6 Å². The molecule has 3 nitrogen and oxygen atoms in total. The first-order valence-corrected chi connectivity index (χ1v) is 7.19. The number of rotatable bonds is 2. The van der Waals surface area contributed by atoms with Crippen molar-refractivity contribution in [2.45, 2.75) is 25.0 Å². The number of hydrogen-bond donors (Lipinski definition) is 1. The third-order valence-corrected chi connectivity index (χ3v) is 4.69. The Kier molecular flexibility index (Phi) is 3.85. The second-order valence-corrected chi connectivity index (χ2v) is 7.00. The minimum absolute atomic E-state index is 0.343. The predicted octanol–water partition coefficient (Wildman–Crippen LogP) is 3.11. The van der Waals surface area contributed by atoms with Crippen LogP contribution in [-0.2, 0) is 0 Å². The van der Waals surface area contributed by atoms with E-state index in [9.17, 15) is 4.79 Å². The van der Waals surface area contributed by atoms with Crippen molar-refractivity contribution in [3.05, 3.63) is 29.8 Å². The third kappa shape index (κ3) is 3.19. The molecular formula is C14H19NO2S. The van der Waals surface area contributed by atoms with Crippen LogP contribution in [0.2, 0.25) is 0 Å². The first-order chi connectivity index (χ1) is 8.48. The maximum absolute atomic E-state index is 10.8. The van der Waals surface area contributed by atoms with Crippen molar-refractivity contribution >= 4 is 23.4 Å². The van der Waals surface area contributed by atoms with E-state index in [4.69, 9.17) is 5.11 Å². The predicted molar refractivity (Wildman–Crippen MR) is 76.8 cm³/mol. The number of carboxylic acids is 1. The first-order valence-electron chi connectivity index (χ1n) is 6.20. The highest BCUT2D eigenvalue weighted by Gasteiger charge is 2.23. The molecule has 1 aliphatic rings. The fourth-order valence-corrected chi connectivity index (χ4v) is 3.19. The van der Waals surface area contributed by atoms with Crippen LogP contribution in [0.25, 0.3) is 0 Å². The van der Waals surface area contributed by atoms with E-state index in [1.165, 1.54) is 0 Å². The van der Waals surface area contributed by atoms with Gasteiger partial charge in [0.1, 0.15) is 0 Å². The van der Waals surface area contributed by atoms with Gasteiger partial charge in [0.25, 0.3) is 0 Å². The van der Waals surface area contributed by atoms with Gasteiger partial charge in [-0.05, 0) is 30.7 Å².